The minimum atomic E-state index is 1.06. The molecule has 1 nitrogen and oxygen atoms in total. The zero-order chi connectivity index (χ0) is 15.8. The van der Waals surface area contributed by atoms with Gasteiger partial charge in [-0.2, -0.15) is 0 Å². The largest absolute Gasteiger partial charge is 0.256 e. The van der Waals surface area contributed by atoms with E-state index in [-0.39, 0.29) is 0 Å². The second-order valence-electron chi connectivity index (χ2n) is 5.71. The molecule has 0 atom stereocenters. The van der Waals surface area contributed by atoms with E-state index in [4.69, 9.17) is 4.98 Å². The van der Waals surface area contributed by atoms with Crippen LogP contribution in [0.1, 0.15) is 12.5 Å². The lowest BCUT2D eigenvalue weighted by Gasteiger charge is -2.11. The van der Waals surface area contributed by atoms with Gasteiger partial charge in [0.25, 0.3) is 0 Å². The van der Waals surface area contributed by atoms with E-state index in [1.54, 1.807) is 0 Å². The summed E-state index contributed by atoms with van der Waals surface area (Å²) in [4.78, 5) is 4.70. The molecule has 0 bridgehead atoms. The third-order valence-electron chi connectivity index (χ3n) is 4.37. The number of benzene rings is 3. The number of pyridine rings is 1. The van der Waals surface area contributed by atoms with Gasteiger partial charge in [0, 0.05) is 20.7 Å². The topological polar surface area (TPSA) is 12.9 Å². The molecule has 0 unspecified atom stereocenters. The van der Waals surface area contributed by atoms with Gasteiger partial charge in [-0.3, -0.25) is 4.98 Å². The van der Waals surface area contributed by atoms with Crippen LogP contribution in [-0.2, 0) is 6.42 Å². The van der Waals surface area contributed by atoms with Crippen LogP contribution in [0, 0.1) is 3.57 Å². The Hall–Kier alpha value is -1.94. The van der Waals surface area contributed by atoms with Crippen molar-refractivity contribution < 1.29 is 0 Å². The standard InChI is InChI=1S/C21H16IN/c1-2-14-7-9-19(20(22)13-14)21-18-10-8-15-5-3-4-6-16(15)17(18)11-12-23-21/h3-13H,2H2,1H3. The third-order valence-corrected chi connectivity index (χ3v) is 5.26. The summed E-state index contributed by atoms with van der Waals surface area (Å²) >= 11 is 2.42. The molecule has 0 amide bonds. The van der Waals surface area contributed by atoms with Gasteiger partial charge in [0.2, 0.25) is 0 Å². The smallest absolute Gasteiger partial charge is 0.0791 e. The molecule has 112 valence electrons. The predicted molar refractivity (Wildman–Crippen MR) is 107 cm³/mol. The first-order chi connectivity index (χ1) is 11.3. The molecule has 0 aliphatic heterocycles. The van der Waals surface area contributed by atoms with Crippen molar-refractivity contribution in [3.8, 4) is 11.3 Å². The first kappa shape index (κ1) is 14.6. The van der Waals surface area contributed by atoms with Crippen LogP contribution in [0.25, 0.3) is 32.8 Å². The van der Waals surface area contributed by atoms with Crippen molar-refractivity contribution in [2.24, 2.45) is 0 Å². The van der Waals surface area contributed by atoms with Gasteiger partial charge in [-0.15, -0.1) is 0 Å². The number of nitrogens with zero attached hydrogens (tertiary/aromatic N) is 1. The van der Waals surface area contributed by atoms with Crippen molar-refractivity contribution in [1.82, 2.24) is 4.98 Å². The lowest BCUT2D eigenvalue weighted by molar-refractivity contribution is 1.14. The minimum Gasteiger partial charge on any atom is -0.256 e. The van der Waals surface area contributed by atoms with Gasteiger partial charge in [-0.1, -0.05) is 55.5 Å². The van der Waals surface area contributed by atoms with E-state index >= 15 is 0 Å². The summed E-state index contributed by atoms with van der Waals surface area (Å²) < 4.78 is 1.26. The van der Waals surface area contributed by atoms with E-state index in [9.17, 15) is 0 Å². The minimum absolute atomic E-state index is 1.06. The summed E-state index contributed by atoms with van der Waals surface area (Å²) in [6.07, 6.45) is 2.98. The Labute approximate surface area is 149 Å². The monoisotopic (exact) mass is 409 g/mol. The molecule has 0 radical (unpaired) electrons. The fourth-order valence-electron chi connectivity index (χ4n) is 3.12. The maximum atomic E-state index is 4.70. The maximum absolute atomic E-state index is 4.70. The summed E-state index contributed by atoms with van der Waals surface area (Å²) in [6.45, 7) is 2.19. The summed E-state index contributed by atoms with van der Waals surface area (Å²) in [5.41, 5.74) is 3.65. The zero-order valence-electron chi connectivity index (χ0n) is 12.9. The SMILES string of the molecule is CCc1ccc(-c2nccc3c2ccc2ccccc23)c(I)c1. The molecule has 1 aromatic heterocycles. The highest BCUT2D eigenvalue weighted by Crippen LogP contribution is 2.33. The molecule has 23 heavy (non-hydrogen) atoms. The van der Waals surface area contributed by atoms with Crippen LogP contribution in [-0.4, -0.2) is 4.98 Å². The molecular formula is C21H16IN. The summed E-state index contributed by atoms with van der Waals surface area (Å²) in [5.74, 6) is 0. The molecule has 4 aromatic rings. The number of aromatic nitrogens is 1. The number of fused-ring (bicyclic) bond motifs is 3. The Morgan fingerprint density at radius 1 is 0.870 bits per heavy atom. The molecule has 0 N–H and O–H groups in total. The van der Waals surface area contributed by atoms with Gasteiger partial charge in [-0.25, -0.2) is 0 Å². The molecule has 0 saturated heterocycles. The average Bonchev–Trinajstić information content (AvgIpc) is 2.61. The fourth-order valence-corrected chi connectivity index (χ4v) is 3.96. The van der Waals surface area contributed by atoms with Crippen molar-refractivity contribution in [2.45, 2.75) is 13.3 Å². The Bertz CT molecular complexity index is 1020. The summed E-state index contributed by atoms with van der Waals surface area (Å²) in [7, 11) is 0. The van der Waals surface area contributed by atoms with Crippen LogP contribution < -0.4 is 0 Å². The van der Waals surface area contributed by atoms with Crippen molar-refractivity contribution in [1.29, 1.82) is 0 Å². The van der Waals surface area contributed by atoms with E-state index in [2.05, 4.69) is 90.2 Å². The molecule has 0 aliphatic carbocycles. The van der Waals surface area contributed by atoms with Crippen LogP contribution in [0.2, 0.25) is 0 Å². The molecule has 4 rings (SSSR count). The first-order valence-corrected chi connectivity index (χ1v) is 8.91. The van der Waals surface area contributed by atoms with E-state index in [1.807, 2.05) is 6.20 Å². The highest BCUT2D eigenvalue weighted by molar-refractivity contribution is 14.1. The number of hydrogen-bond donors (Lipinski definition) is 0. The molecule has 2 heteroatoms. The van der Waals surface area contributed by atoms with Gasteiger partial charge in [0.1, 0.15) is 0 Å². The lowest BCUT2D eigenvalue weighted by Crippen LogP contribution is -1.91. The number of rotatable bonds is 2. The van der Waals surface area contributed by atoms with Crippen LogP contribution in [0.15, 0.2) is 66.9 Å². The quantitative estimate of drug-likeness (QED) is 0.283. The molecular weight excluding hydrogens is 393 g/mol. The first-order valence-electron chi connectivity index (χ1n) is 7.83. The average molecular weight is 409 g/mol. The van der Waals surface area contributed by atoms with E-state index in [1.165, 1.54) is 36.2 Å². The summed E-state index contributed by atoms with van der Waals surface area (Å²) in [5, 5.41) is 5.04. The number of hydrogen-bond acceptors (Lipinski definition) is 1. The van der Waals surface area contributed by atoms with Gasteiger partial charge in [0.05, 0.1) is 5.69 Å². The molecule has 1 heterocycles. The lowest BCUT2D eigenvalue weighted by atomic mass is 9.98. The van der Waals surface area contributed by atoms with E-state index in [0.717, 1.165) is 12.1 Å². The molecule has 0 spiro atoms. The van der Waals surface area contributed by atoms with Crippen LogP contribution in [0.4, 0.5) is 0 Å². The Morgan fingerprint density at radius 3 is 2.57 bits per heavy atom. The van der Waals surface area contributed by atoms with Crippen LogP contribution in [0.5, 0.6) is 0 Å². The van der Waals surface area contributed by atoms with Gasteiger partial charge >= 0.3 is 0 Å². The highest BCUT2D eigenvalue weighted by atomic mass is 127. The maximum Gasteiger partial charge on any atom is 0.0791 e. The fraction of sp³-hybridized carbons (Fsp3) is 0.0952. The molecule has 0 fully saturated rings. The second kappa shape index (κ2) is 5.93. The van der Waals surface area contributed by atoms with Crippen LogP contribution in [0.3, 0.4) is 0 Å². The van der Waals surface area contributed by atoms with Crippen molar-refractivity contribution in [3.05, 3.63) is 76.0 Å². The van der Waals surface area contributed by atoms with E-state index in [0.29, 0.717) is 0 Å². The van der Waals surface area contributed by atoms with Crippen molar-refractivity contribution in [3.63, 3.8) is 0 Å². The Morgan fingerprint density at radius 2 is 1.74 bits per heavy atom. The van der Waals surface area contributed by atoms with Gasteiger partial charge in [-0.05, 0) is 62.9 Å². The van der Waals surface area contributed by atoms with Crippen molar-refractivity contribution >= 4 is 44.1 Å². The van der Waals surface area contributed by atoms with E-state index < -0.39 is 0 Å². The normalized spacial score (nSPS) is 11.2. The third kappa shape index (κ3) is 2.51. The Balaban J connectivity index is 2.03. The van der Waals surface area contributed by atoms with Gasteiger partial charge < -0.3 is 0 Å². The molecule has 0 aliphatic rings. The molecule has 3 aromatic carbocycles. The predicted octanol–water partition coefficient (Wildman–Crippen LogP) is 6.22. The van der Waals surface area contributed by atoms with Crippen LogP contribution >= 0.6 is 22.6 Å². The zero-order valence-corrected chi connectivity index (χ0v) is 15.0. The number of halogens is 1. The van der Waals surface area contributed by atoms with Gasteiger partial charge in [0.15, 0.2) is 0 Å². The molecule has 0 saturated carbocycles. The van der Waals surface area contributed by atoms with Crippen molar-refractivity contribution in [2.75, 3.05) is 0 Å². The number of aryl methyl sites for hydroxylation is 1. The Kier molecular flexibility index (Phi) is 3.77. The highest BCUT2D eigenvalue weighted by Gasteiger charge is 2.10. The second-order valence-corrected chi connectivity index (χ2v) is 6.87. The summed E-state index contributed by atoms with van der Waals surface area (Å²) in [6, 6.07) is 21.7.